The largest absolute Gasteiger partial charge is 0.309 e. The Morgan fingerprint density at radius 3 is 2.18 bits per heavy atom. The molecule has 0 aliphatic heterocycles. The molecule has 0 heterocycles. The molecule has 0 aromatic carbocycles. The number of unbranched alkanes of at least 4 members (excludes halogenated alkanes) is 1. The first-order valence-corrected chi connectivity index (χ1v) is 4.85. The van der Waals surface area contributed by atoms with Crippen molar-refractivity contribution in [3.8, 4) is 0 Å². The first kappa shape index (κ1) is 11.0. The zero-order valence-corrected chi connectivity index (χ0v) is 8.56. The Morgan fingerprint density at radius 1 is 1.18 bits per heavy atom. The van der Waals surface area contributed by atoms with Crippen molar-refractivity contribution in [3.63, 3.8) is 0 Å². The molecular weight excluding hydrogens is 134 g/mol. The van der Waals surface area contributed by atoms with E-state index >= 15 is 0 Å². The van der Waals surface area contributed by atoms with E-state index < -0.39 is 0 Å². The summed E-state index contributed by atoms with van der Waals surface area (Å²) < 4.78 is 0. The lowest BCUT2D eigenvalue weighted by molar-refractivity contribution is 0.301. The van der Waals surface area contributed by atoms with Gasteiger partial charge in [-0.25, -0.2) is 0 Å². The normalized spacial score (nSPS) is 13.9. The summed E-state index contributed by atoms with van der Waals surface area (Å²) in [6.45, 7) is 5.82. The molecule has 1 atom stereocenters. The van der Waals surface area contributed by atoms with Crippen molar-refractivity contribution in [3.05, 3.63) is 0 Å². The summed E-state index contributed by atoms with van der Waals surface area (Å²) in [7, 11) is 4.32. The molecule has 0 aromatic rings. The molecular formula is C10H23N. The molecule has 1 unspecified atom stereocenters. The minimum atomic E-state index is 0.921. The SMILES string of the molecule is CCCCC(CC)CN(C)C. The van der Waals surface area contributed by atoms with E-state index in [2.05, 4.69) is 32.8 Å². The van der Waals surface area contributed by atoms with Crippen molar-refractivity contribution in [2.24, 2.45) is 5.92 Å². The van der Waals surface area contributed by atoms with Crippen molar-refractivity contribution < 1.29 is 0 Å². The molecule has 0 bridgehead atoms. The molecule has 0 aromatic heterocycles. The molecule has 0 rings (SSSR count). The molecule has 11 heavy (non-hydrogen) atoms. The molecule has 0 N–H and O–H groups in total. The zero-order valence-electron chi connectivity index (χ0n) is 8.56. The second-order valence-electron chi connectivity index (χ2n) is 3.68. The lowest BCUT2D eigenvalue weighted by Crippen LogP contribution is -2.21. The maximum absolute atomic E-state index is 2.30. The standard InChI is InChI=1S/C10H23N/c1-5-7-8-10(6-2)9-11(3)4/h10H,5-9H2,1-4H3. The zero-order chi connectivity index (χ0) is 8.69. The van der Waals surface area contributed by atoms with Gasteiger partial charge in [-0.05, 0) is 26.4 Å². The van der Waals surface area contributed by atoms with Crippen LogP contribution < -0.4 is 0 Å². The Bertz CT molecular complexity index is 78.9. The summed E-state index contributed by atoms with van der Waals surface area (Å²) in [6, 6.07) is 0. The van der Waals surface area contributed by atoms with E-state index in [9.17, 15) is 0 Å². The van der Waals surface area contributed by atoms with Crippen molar-refractivity contribution in [1.29, 1.82) is 0 Å². The van der Waals surface area contributed by atoms with Gasteiger partial charge in [0.15, 0.2) is 0 Å². The topological polar surface area (TPSA) is 3.24 Å². The minimum Gasteiger partial charge on any atom is -0.309 e. The molecule has 0 spiro atoms. The van der Waals surface area contributed by atoms with E-state index in [0.717, 1.165) is 5.92 Å². The van der Waals surface area contributed by atoms with Gasteiger partial charge in [-0.2, -0.15) is 0 Å². The number of hydrogen-bond acceptors (Lipinski definition) is 1. The molecule has 0 radical (unpaired) electrons. The highest BCUT2D eigenvalue weighted by atomic mass is 15.1. The van der Waals surface area contributed by atoms with Crippen LogP contribution in [0.2, 0.25) is 0 Å². The molecule has 0 aliphatic rings. The van der Waals surface area contributed by atoms with E-state index in [0.29, 0.717) is 0 Å². The quantitative estimate of drug-likeness (QED) is 0.573. The van der Waals surface area contributed by atoms with Crippen LogP contribution in [-0.2, 0) is 0 Å². The molecule has 1 nitrogen and oxygen atoms in total. The Balaban J connectivity index is 3.41. The highest BCUT2D eigenvalue weighted by molar-refractivity contribution is 4.59. The molecule has 68 valence electrons. The minimum absolute atomic E-state index is 0.921. The predicted molar refractivity (Wildman–Crippen MR) is 51.9 cm³/mol. The summed E-state index contributed by atoms with van der Waals surface area (Å²) in [4.78, 5) is 2.30. The second-order valence-corrected chi connectivity index (χ2v) is 3.68. The Morgan fingerprint density at radius 2 is 1.82 bits per heavy atom. The van der Waals surface area contributed by atoms with Crippen LogP contribution in [0.1, 0.15) is 39.5 Å². The van der Waals surface area contributed by atoms with Gasteiger partial charge < -0.3 is 4.90 Å². The predicted octanol–water partition coefficient (Wildman–Crippen LogP) is 2.76. The van der Waals surface area contributed by atoms with Crippen molar-refractivity contribution >= 4 is 0 Å². The third-order valence-corrected chi connectivity index (χ3v) is 2.17. The van der Waals surface area contributed by atoms with Crippen molar-refractivity contribution in [2.75, 3.05) is 20.6 Å². The molecule has 0 amide bonds. The van der Waals surface area contributed by atoms with E-state index in [1.54, 1.807) is 0 Å². The van der Waals surface area contributed by atoms with Crippen molar-refractivity contribution in [1.82, 2.24) is 4.90 Å². The maximum atomic E-state index is 2.30. The molecule has 0 saturated carbocycles. The van der Waals surface area contributed by atoms with E-state index in [-0.39, 0.29) is 0 Å². The van der Waals surface area contributed by atoms with Crippen LogP contribution in [0, 0.1) is 5.92 Å². The average molecular weight is 157 g/mol. The third-order valence-electron chi connectivity index (χ3n) is 2.17. The Labute approximate surface area is 71.8 Å². The maximum Gasteiger partial charge on any atom is 0.000346 e. The number of nitrogens with zero attached hydrogens (tertiary/aromatic N) is 1. The van der Waals surface area contributed by atoms with Crippen LogP contribution in [-0.4, -0.2) is 25.5 Å². The Hall–Kier alpha value is -0.0400. The number of hydrogen-bond donors (Lipinski definition) is 0. The summed E-state index contributed by atoms with van der Waals surface area (Å²) in [5.74, 6) is 0.921. The monoisotopic (exact) mass is 157 g/mol. The van der Waals surface area contributed by atoms with Gasteiger partial charge in [0.25, 0.3) is 0 Å². The van der Waals surface area contributed by atoms with Gasteiger partial charge in [0, 0.05) is 6.54 Å². The van der Waals surface area contributed by atoms with Crippen LogP contribution in [0.4, 0.5) is 0 Å². The van der Waals surface area contributed by atoms with Gasteiger partial charge >= 0.3 is 0 Å². The van der Waals surface area contributed by atoms with Crippen LogP contribution in [0.15, 0.2) is 0 Å². The second kappa shape index (κ2) is 6.66. The van der Waals surface area contributed by atoms with Crippen LogP contribution in [0.5, 0.6) is 0 Å². The fourth-order valence-electron chi connectivity index (χ4n) is 1.43. The van der Waals surface area contributed by atoms with E-state index in [1.165, 1.54) is 32.2 Å². The van der Waals surface area contributed by atoms with Gasteiger partial charge in [0.05, 0.1) is 0 Å². The van der Waals surface area contributed by atoms with Gasteiger partial charge in [-0.3, -0.25) is 0 Å². The van der Waals surface area contributed by atoms with Crippen LogP contribution in [0.25, 0.3) is 0 Å². The first-order valence-electron chi connectivity index (χ1n) is 4.85. The first-order chi connectivity index (χ1) is 5.20. The highest BCUT2D eigenvalue weighted by Crippen LogP contribution is 2.12. The summed E-state index contributed by atoms with van der Waals surface area (Å²) in [5, 5.41) is 0. The van der Waals surface area contributed by atoms with Gasteiger partial charge in [-0.1, -0.05) is 33.1 Å². The molecule has 0 fully saturated rings. The van der Waals surface area contributed by atoms with E-state index in [4.69, 9.17) is 0 Å². The molecule has 1 heteroatoms. The molecule has 0 aliphatic carbocycles. The third kappa shape index (κ3) is 6.36. The average Bonchev–Trinajstić information content (AvgIpc) is 1.97. The summed E-state index contributed by atoms with van der Waals surface area (Å²) >= 11 is 0. The fraction of sp³-hybridized carbons (Fsp3) is 1.00. The lowest BCUT2D eigenvalue weighted by atomic mass is 9.99. The van der Waals surface area contributed by atoms with Gasteiger partial charge in [-0.15, -0.1) is 0 Å². The highest BCUT2D eigenvalue weighted by Gasteiger charge is 2.05. The Kier molecular flexibility index (Phi) is 6.63. The van der Waals surface area contributed by atoms with Crippen LogP contribution in [0.3, 0.4) is 0 Å². The molecule has 0 saturated heterocycles. The summed E-state index contributed by atoms with van der Waals surface area (Å²) in [5.41, 5.74) is 0. The number of rotatable bonds is 6. The fourth-order valence-corrected chi connectivity index (χ4v) is 1.43. The van der Waals surface area contributed by atoms with E-state index in [1.807, 2.05) is 0 Å². The summed E-state index contributed by atoms with van der Waals surface area (Å²) in [6.07, 6.45) is 5.47. The van der Waals surface area contributed by atoms with Crippen LogP contribution >= 0.6 is 0 Å². The van der Waals surface area contributed by atoms with Gasteiger partial charge in [0.2, 0.25) is 0 Å². The van der Waals surface area contributed by atoms with Gasteiger partial charge in [0.1, 0.15) is 0 Å². The smallest absolute Gasteiger partial charge is 0.000346 e. The lowest BCUT2D eigenvalue weighted by Gasteiger charge is -2.18. The van der Waals surface area contributed by atoms with Crippen molar-refractivity contribution in [2.45, 2.75) is 39.5 Å².